The summed E-state index contributed by atoms with van der Waals surface area (Å²) in [4.78, 5) is 2.61. The lowest BCUT2D eigenvalue weighted by molar-refractivity contribution is 0.271. The predicted octanol–water partition coefficient (Wildman–Crippen LogP) is 1.44. The molecule has 0 aromatic heterocycles. The second kappa shape index (κ2) is 6.72. The van der Waals surface area contributed by atoms with Gasteiger partial charge in [-0.05, 0) is 63.7 Å². The van der Waals surface area contributed by atoms with Crippen molar-refractivity contribution in [2.45, 2.75) is 45.1 Å². The topological polar surface area (TPSA) is 41.3 Å². The van der Waals surface area contributed by atoms with Crippen molar-refractivity contribution < 1.29 is 0 Å². The van der Waals surface area contributed by atoms with Gasteiger partial charge >= 0.3 is 0 Å². The minimum Gasteiger partial charge on any atom is -0.330 e. The quantitative estimate of drug-likeness (QED) is 0.737. The molecule has 3 heteroatoms. The van der Waals surface area contributed by atoms with Crippen LogP contribution in [-0.2, 0) is 0 Å². The summed E-state index contributed by atoms with van der Waals surface area (Å²) in [6, 6.07) is 0.695. The van der Waals surface area contributed by atoms with Gasteiger partial charge in [-0.25, -0.2) is 0 Å². The van der Waals surface area contributed by atoms with E-state index in [1.54, 1.807) is 0 Å². The SMILES string of the molecule is CC(CNC1CCCC1CN)CN1CCCC1. The molecule has 17 heavy (non-hydrogen) atoms. The van der Waals surface area contributed by atoms with Crippen molar-refractivity contribution in [3.63, 3.8) is 0 Å². The van der Waals surface area contributed by atoms with E-state index in [0.717, 1.165) is 24.9 Å². The zero-order valence-corrected chi connectivity index (χ0v) is 11.3. The minimum absolute atomic E-state index is 0.695. The number of nitrogens with zero attached hydrogens (tertiary/aromatic N) is 1. The molecule has 0 spiro atoms. The first-order valence-electron chi connectivity index (χ1n) is 7.45. The molecule has 1 aliphatic carbocycles. The normalized spacial score (nSPS) is 32.1. The summed E-state index contributed by atoms with van der Waals surface area (Å²) in [6.07, 6.45) is 6.82. The molecule has 3 nitrogen and oxygen atoms in total. The predicted molar refractivity (Wildman–Crippen MR) is 73.0 cm³/mol. The third kappa shape index (κ3) is 3.94. The molecule has 3 unspecified atom stereocenters. The third-order valence-corrected chi connectivity index (χ3v) is 4.46. The van der Waals surface area contributed by atoms with Crippen LogP contribution in [0.15, 0.2) is 0 Å². The second-order valence-corrected chi connectivity index (χ2v) is 6.05. The smallest absolute Gasteiger partial charge is 0.0107 e. The highest BCUT2D eigenvalue weighted by Crippen LogP contribution is 2.24. The molecular weight excluding hydrogens is 210 g/mol. The molecule has 2 fully saturated rings. The molecule has 3 atom stereocenters. The van der Waals surface area contributed by atoms with E-state index in [-0.39, 0.29) is 0 Å². The molecule has 2 aliphatic rings. The fraction of sp³-hybridized carbons (Fsp3) is 1.00. The van der Waals surface area contributed by atoms with Crippen molar-refractivity contribution in [2.24, 2.45) is 17.6 Å². The maximum Gasteiger partial charge on any atom is 0.0107 e. The first-order chi connectivity index (χ1) is 8.29. The van der Waals surface area contributed by atoms with Crippen molar-refractivity contribution in [1.29, 1.82) is 0 Å². The standard InChI is InChI=1S/C14H29N3/c1-12(11-17-7-2-3-8-17)10-16-14-6-4-5-13(14)9-15/h12-14,16H,2-11,15H2,1H3. The molecule has 0 amide bonds. The fourth-order valence-corrected chi connectivity index (χ4v) is 3.41. The van der Waals surface area contributed by atoms with Crippen LogP contribution < -0.4 is 11.1 Å². The Morgan fingerprint density at radius 3 is 2.71 bits per heavy atom. The van der Waals surface area contributed by atoms with Crippen LogP contribution in [0.5, 0.6) is 0 Å². The maximum absolute atomic E-state index is 5.81. The molecule has 0 radical (unpaired) electrons. The highest BCUT2D eigenvalue weighted by Gasteiger charge is 2.26. The molecule has 1 saturated carbocycles. The Kier molecular flexibility index (Phi) is 5.26. The van der Waals surface area contributed by atoms with Crippen LogP contribution in [0.2, 0.25) is 0 Å². The van der Waals surface area contributed by atoms with E-state index < -0.39 is 0 Å². The van der Waals surface area contributed by atoms with E-state index >= 15 is 0 Å². The van der Waals surface area contributed by atoms with Gasteiger partial charge in [0.2, 0.25) is 0 Å². The van der Waals surface area contributed by atoms with E-state index in [9.17, 15) is 0 Å². The van der Waals surface area contributed by atoms with Gasteiger partial charge < -0.3 is 16.0 Å². The molecular formula is C14H29N3. The van der Waals surface area contributed by atoms with Gasteiger partial charge in [-0.15, -0.1) is 0 Å². The van der Waals surface area contributed by atoms with Crippen LogP contribution >= 0.6 is 0 Å². The van der Waals surface area contributed by atoms with Crippen LogP contribution in [-0.4, -0.2) is 43.7 Å². The highest BCUT2D eigenvalue weighted by molar-refractivity contribution is 4.84. The average molecular weight is 239 g/mol. The van der Waals surface area contributed by atoms with Gasteiger partial charge in [0.25, 0.3) is 0 Å². The molecule has 0 aromatic rings. The van der Waals surface area contributed by atoms with Crippen molar-refractivity contribution in [2.75, 3.05) is 32.7 Å². The summed E-state index contributed by atoms with van der Waals surface area (Å²) < 4.78 is 0. The number of hydrogen-bond donors (Lipinski definition) is 2. The molecule has 0 aromatic carbocycles. The number of likely N-dealkylation sites (tertiary alicyclic amines) is 1. The molecule has 0 bridgehead atoms. The lowest BCUT2D eigenvalue weighted by Gasteiger charge is -2.24. The molecule has 1 aliphatic heterocycles. The summed E-state index contributed by atoms with van der Waals surface area (Å²) in [5, 5.41) is 3.75. The maximum atomic E-state index is 5.81. The third-order valence-electron chi connectivity index (χ3n) is 4.46. The van der Waals surface area contributed by atoms with Gasteiger partial charge in [0.15, 0.2) is 0 Å². The van der Waals surface area contributed by atoms with Crippen LogP contribution in [0.3, 0.4) is 0 Å². The van der Waals surface area contributed by atoms with Gasteiger partial charge in [0, 0.05) is 12.6 Å². The first kappa shape index (κ1) is 13.3. The Bertz CT molecular complexity index is 214. The number of hydrogen-bond acceptors (Lipinski definition) is 3. The van der Waals surface area contributed by atoms with Crippen molar-refractivity contribution in [3.05, 3.63) is 0 Å². The summed E-state index contributed by atoms with van der Waals surface area (Å²) in [5.74, 6) is 1.50. The Hall–Kier alpha value is -0.120. The van der Waals surface area contributed by atoms with Crippen molar-refractivity contribution >= 4 is 0 Å². The number of rotatable bonds is 6. The monoisotopic (exact) mass is 239 g/mol. The summed E-state index contributed by atoms with van der Waals surface area (Å²) in [7, 11) is 0. The Morgan fingerprint density at radius 1 is 1.24 bits per heavy atom. The minimum atomic E-state index is 0.695. The average Bonchev–Trinajstić information content (AvgIpc) is 2.96. The largest absolute Gasteiger partial charge is 0.330 e. The van der Waals surface area contributed by atoms with E-state index in [2.05, 4.69) is 17.1 Å². The molecule has 1 heterocycles. The number of nitrogens with one attached hydrogen (secondary N) is 1. The van der Waals surface area contributed by atoms with Gasteiger partial charge in [-0.1, -0.05) is 13.3 Å². The lowest BCUT2D eigenvalue weighted by atomic mass is 10.0. The van der Waals surface area contributed by atoms with Gasteiger partial charge in [0.1, 0.15) is 0 Å². The molecule has 2 rings (SSSR count). The fourth-order valence-electron chi connectivity index (χ4n) is 3.41. The van der Waals surface area contributed by atoms with Crippen LogP contribution in [0.25, 0.3) is 0 Å². The number of nitrogens with two attached hydrogens (primary N) is 1. The molecule has 3 N–H and O–H groups in total. The van der Waals surface area contributed by atoms with E-state index in [1.165, 1.54) is 51.7 Å². The van der Waals surface area contributed by atoms with Gasteiger partial charge in [0.05, 0.1) is 0 Å². The Labute approximate surface area is 106 Å². The van der Waals surface area contributed by atoms with Gasteiger partial charge in [-0.3, -0.25) is 0 Å². The first-order valence-corrected chi connectivity index (χ1v) is 7.45. The Balaban J connectivity index is 1.63. The lowest BCUT2D eigenvalue weighted by Crippen LogP contribution is -2.40. The van der Waals surface area contributed by atoms with E-state index in [4.69, 9.17) is 5.73 Å². The Morgan fingerprint density at radius 2 is 2.00 bits per heavy atom. The molecule has 1 saturated heterocycles. The van der Waals surface area contributed by atoms with Gasteiger partial charge in [-0.2, -0.15) is 0 Å². The van der Waals surface area contributed by atoms with E-state index in [0.29, 0.717) is 6.04 Å². The van der Waals surface area contributed by atoms with Crippen LogP contribution in [0, 0.1) is 11.8 Å². The summed E-state index contributed by atoms with van der Waals surface area (Å²) >= 11 is 0. The second-order valence-electron chi connectivity index (χ2n) is 6.05. The van der Waals surface area contributed by atoms with Crippen LogP contribution in [0.4, 0.5) is 0 Å². The summed E-state index contributed by atoms with van der Waals surface area (Å²) in [6.45, 7) is 8.30. The zero-order valence-electron chi connectivity index (χ0n) is 11.3. The van der Waals surface area contributed by atoms with E-state index in [1.807, 2.05) is 0 Å². The van der Waals surface area contributed by atoms with Crippen LogP contribution in [0.1, 0.15) is 39.0 Å². The summed E-state index contributed by atoms with van der Waals surface area (Å²) in [5.41, 5.74) is 5.81. The zero-order chi connectivity index (χ0) is 12.1. The molecule has 100 valence electrons. The van der Waals surface area contributed by atoms with Crippen molar-refractivity contribution in [3.8, 4) is 0 Å². The highest BCUT2D eigenvalue weighted by atomic mass is 15.1. The van der Waals surface area contributed by atoms with Crippen molar-refractivity contribution in [1.82, 2.24) is 10.2 Å².